The van der Waals surface area contributed by atoms with Gasteiger partial charge in [-0.05, 0) is 48.4 Å². The van der Waals surface area contributed by atoms with E-state index in [9.17, 15) is 0 Å². The largest absolute Gasteiger partial charge is 0.381 e. The minimum Gasteiger partial charge on any atom is -0.381 e. The second-order valence-electron chi connectivity index (χ2n) is 4.85. The fourth-order valence-electron chi connectivity index (χ4n) is 2.05. The monoisotopic (exact) mass is 358 g/mol. The average molecular weight is 359 g/mol. The summed E-state index contributed by atoms with van der Waals surface area (Å²) in [5.41, 5.74) is 4.80. The zero-order chi connectivity index (χ0) is 14.7. The van der Waals surface area contributed by atoms with Crippen molar-refractivity contribution in [2.45, 2.75) is 13.5 Å². The number of benzene rings is 2. The lowest BCUT2D eigenvalue weighted by atomic mass is 10.1. The quantitative estimate of drug-likeness (QED) is 0.666. The van der Waals surface area contributed by atoms with Crippen molar-refractivity contribution in [2.24, 2.45) is 0 Å². The molecule has 1 heterocycles. The number of nitrogens with one attached hydrogen (secondary N) is 1. The summed E-state index contributed by atoms with van der Waals surface area (Å²) >= 11 is 5.23. The molecule has 0 aliphatic carbocycles. The maximum Gasteiger partial charge on any atom is 0.123 e. The molecule has 3 rings (SSSR count). The number of thiazole rings is 1. The van der Waals surface area contributed by atoms with Crippen LogP contribution in [0.3, 0.4) is 0 Å². The molecule has 0 saturated heterocycles. The van der Waals surface area contributed by atoms with E-state index in [1.54, 1.807) is 11.3 Å². The van der Waals surface area contributed by atoms with Crippen LogP contribution in [0.25, 0.3) is 10.6 Å². The van der Waals surface area contributed by atoms with E-state index in [1.165, 1.54) is 11.1 Å². The molecule has 106 valence electrons. The highest BCUT2D eigenvalue weighted by molar-refractivity contribution is 9.10. The summed E-state index contributed by atoms with van der Waals surface area (Å²) in [6.45, 7) is 2.91. The Labute approximate surface area is 137 Å². The van der Waals surface area contributed by atoms with E-state index < -0.39 is 0 Å². The Kier molecular flexibility index (Phi) is 4.36. The first-order valence-corrected chi connectivity index (χ1v) is 8.38. The lowest BCUT2D eigenvalue weighted by molar-refractivity contribution is 1.14. The van der Waals surface area contributed by atoms with Crippen LogP contribution in [0.4, 0.5) is 5.69 Å². The molecule has 3 aromatic rings. The molecule has 0 unspecified atom stereocenters. The fraction of sp³-hybridized carbons (Fsp3) is 0.118. The molecule has 0 fully saturated rings. The number of anilines is 1. The van der Waals surface area contributed by atoms with Crippen LogP contribution in [0.5, 0.6) is 0 Å². The van der Waals surface area contributed by atoms with Crippen LogP contribution in [-0.2, 0) is 6.54 Å². The number of aryl methyl sites for hydroxylation is 1. The summed E-state index contributed by atoms with van der Waals surface area (Å²) in [7, 11) is 0. The van der Waals surface area contributed by atoms with Gasteiger partial charge in [-0.25, -0.2) is 4.98 Å². The van der Waals surface area contributed by atoms with Gasteiger partial charge in [-0.3, -0.25) is 0 Å². The Balaban J connectivity index is 1.66. The molecule has 0 aliphatic heterocycles. The highest BCUT2D eigenvalue weighted by Gasteiger charge is 2.01. The van der Waals surface area contributed by atoms with E-state index >= 15 is 0 Å². The van der Waals surface area contributed by atoms with Crippen LogP contribution in [0.2, 0.25) is 0 Å². The molecule has 0 amide bonds. The molecule has 1 aromatic heterocycles. The molecule has 0 saturated carbocycles. The lowest BCUT2D eigenvalue weighted by Gasteiger charge is -2.08. The Morgan fingerprint density at radius 2 is 1.95 bits per heavy atom. The first-order chi connectivity index (χ1) is 10.2. The zero-order valence-electron chi connectivity index (χ0n) is 11.6. The average Bonchev–Trinajstić information content (AvgIpc) is 3.03. The molecule has 4 heteroatoms. The van der Waals surface area contributed by atoms with Gasteiger partial charge in [0.25, 0.3) is 0 Å². The number of rotatable bonds is 4. The molecule has 1 N–H and O–H groups in total. The number of nitrogens with zero attached hydrogens (tertiary/aromatic N) is 1. The first-order valence-electron chi connectivity index (χ1n) is 6.71. The van der Waals surface area contributed by atoms with Crippen LogP contribution >= 0.6 is 27.3 Å². The van der Waals surface area contributed by atoms with Crippen LogP contribution in [0.15, 0.2) is 58.5 Å². The molecule has 21 heavy (non-hydrogen) atoms. The Hall–Kier alpha value is -1.65. The number of hydrogen-bond acceptors (Lipinski definition) is 3. The molecular weight excluding hydrogens is 344 g/mol. The van der Waals surface area contributed by atoms with Gasteiger partial charge in [0, 0.05) is 33.8 Å². The van der Waals surface area contributed by atoms with E-state index in [-0.39, 0.29) is 0 Å². The summed E-state index contributed by atoms with van der Waals surface area (Å²) in [6, 6.07) is 14.8. The summed E-state index contributed by atoms with van der Waals surface area (Å²) in [4.78, 5) is 4.32. The van der Waals surface area contributed by atoms with E-state index in [0.29, 0.717) is 0 Å². The number of hydrogen-bond donors (Lipinski definition) is 1. The minimum atomic E-state index is 0.815. The first kappa shape index (κ1) is 14.3. The van der Waals surface area contributed by atoms with Crippen LogP contribution in [-0.4, -0.2) is 4.98 Å². The maximum atomic E-state index is 4.32. The van der Waals surface area contributed by atoms with Gasteiger partial charge in [0.15, 0.2) is 0 Å². The van der Waals surface area contributed by atoms with Gasteiger partial charge in [-0.1, -0.05) is 28.1 Å². The topological polar surface area (TPSA) is 24.9 Å². The fourth-order valence-corrected chi connectivity index (χ4v) is 3.12. The van der Waals surface area contributed by atoms with Crippen molar-refractivity contribution in [1.29, 1.82) is 0 Å². The molecule has 0 radical (unpaired) electrons. The Morgan fingerprint density at radius 1 is 1.14 bits per heavy atom. The van der Waals surface area contributed by atoms with Gasteiger partial charge >= 0.3 is 0 Å². The lowest BCUT2D eigenvalue weighted by Crippen LogP contribution is -1.99. The molecule has 2 nitrogen and oxygen atoms in total. The van der Waals surface area contributed by atoms with Gasteiger partial charge in [-0.15, -0.1) is 11.3 Å². The highest BCUT2D eigenvalue weighted by Crippen LogP contribution is 2.24. The summed E-state index contributed by atoms with van der Waals surface area (Å²) in [5.74, 6) is 0. The number of aromatic nitrogens is 1. The van der Waals surface area contributed by atoms with E-state index in [4.69, 9.17) is 0 Å². The minimum absolute atomic E-state index is 0.815. The van der Waals surface area contributed by atoms with Crippen molar-refractivity contribution in [3.05, 3.63) is 69.6 Å². The van der Waals surface area contributed by atoms with E-state index in [0.717, 1.165) is 27.3 Å². The van der Waals surface area contributed by atoms with Crippen molar-refractivity contribution in [3.63, 3.8) is 0 Å². The third-order valence-electron chi connectivity index (χ3n) is 3.30. The number of halogens is 1. The molecule has 0 bridgehead atoms. The van der Waals surface area contributed by atoms with Crippen molar-refractivity contribution < 1.29 is 0 Å². The predicted molar refractivity (Wildman–Crippen MR) is 93.8 cm³/mol. The van der Waals surface area contributed by atoms with Crippen molar-refractivity contribution in [3.8, 4) is 10.6 Å². The third kappa shape index (κ3) is 3.52. The van der Waals surface area contributed by atoms with Gasteiger partial charge in [0.2, 0.25) is 0 Å². The SMILES string of the molecule is Cc1ccc(CNc2ccc(-c3nccs3)cc2)cc1Br. The van der Waals surface area contributed by atoms with Crippen LogP contribution in [0.1, 0.15) is 11.1 Å². The third-order valence-corrected chi connectivity index (χ3v) is 4.97. The van der Waals surface area contributed by atoms with Crippen molar-refractivity contribution in [1.82, 2.24) is 4.98 Å². The second kappa shape index (κ2) is 6.41. The standard InChI is InChI=1S/C17H15BrN2S/c1-12-2-3-13(10-16(12)18)11-20-15-6-4-14(5-7-15)17-19-8-9-21-17/h2-10,20H,11H2,1H3. The Bertz CT molecular complexity index is 721. The predicted octanol–water partition coefficient (Wildman–Crippen LogP) is 5.49. The normalized spacial score (nSPS) is 10.6. The maximum absolute atomic E-state index is 4.32. The Morgan fingerprint density at radius 3 is 2.62 bits per heavy atom. The van der Waals surface area contributed by atoms with Crippen molar-refractivity contribution >= 4 is 33.0 Å². The molecule has 0 aliphatic rings. The summed E-state index contributed by atoms with van der Waals surface area (Å²) < 4.78 is 1.15. The zero-order valence-corrected chi connectivity index (χ0v) is 14.0. The van der Waals surface area contributed by atoms with Crippen LogP contribution < -0.4 is 5.32 Å². The smallest absolute Gasteiger partial charge is 0.123 e. The second-order valence-corrected chi connectivity index (χ2v) is 6.60. The van der Waals surface area contributed by atoms with E-state index in [1.807, 2.05) is 11.6 Å². The summed E-state index contributed by atoms with van der Waals surface area (Å²) in [5, 5.41) is 6.50. The van der Waals surface area contributed by atoms with Gasteiger partial charge in [-0.2, -0.15) is 0 Å². The summed E-state index contributed by atoms with van der Waals surface area (Å²) in [6.07, 6.45) is 1.83. The van der Waals surface area contributed by atoms with Crippen LogP contribution in [0, 0.1) is 6.92 Å². The van der Waals surface area contributed by atoms with Crippen molar-refractivity contribution in [2.75, 3.05) is 5.32 Å². The molecular formula is C17H15BrN2S. The van der Waals surface area contributed by atoms with E-state index in [2.05, 4.69) is 75.6 Å². The molecule has 0 atom stereocenters. The van der Waals surface area contributed by atoms with Gasteiger partial charge < -0.3 is 5.32 Å². The highest BCUT2D eigenvalue weighted by atomic mass is 79.9. The van der Waals surface area contributed by atoms with Gasteiger partial charge in [0.1, 0.15) is 5.01 Å². The molecule has 2 aromatic carbocycles. The van der Waals surface area contributed by atoms with Gasteiger partial charge in [0.05, 0.1) is 0 Å². The molecule has 0 spiro atoms.